The average Bonchev–Trinajstić information content (AvgIpc) is 3.19. The van der Waals surface area contributed by atoms with Gasteiger partial charge >= 0.3 is 0 Å². The second kappa shape index (κ2) is 7.96. The van der Waals surface area contributed by atoms with Gasteiger partial charge in [-0.05, 0) is 43.4 Å². The summed E-state index contributed by atoms with van der Waals surface area (Å²) in [6.45, 7) is 4.20. The number of rotatable bonds is 5. The zero-order valence-electron chi connectivity index (χ0n) is 15.9. The number of piperidine rings is 1. The molecular formula is C20H28N4O3. The molecule has 1 N–H and O–H groups in total. The minimum Gasteiger partial charge on any atom is -0.496 e. The maximum Gasteiger partial charge on any atom is 0.137 e. The van der Waals surface area contributed by atoms with E-state index in [9.17, 15) is 5.11 Å². The first-order chi connectivity index (χ1) is 13.2. The van der Waals surface area contributed by atoms with Crippen LogP contribution in [0.3, 0.4) is 0 Å². The number of hydrogen-bond acceptors (Lipinski definition) is 6. The predicted molar refractivity (Wildman–Crippen MR) is 101 cm³/mol. The molecule has 2 aliphatic rings. The second-order valence-corrected chi connectivity index (χ2v) is 7.59. The van der Waals surface area contributed by atoms with Crippen LogP contribution in [0.25, 0.3) is 0 Å². The number of likely N-dealkylation sites (tertiary alicyclic amines) is 1. The molecule has 2 aromatic rings. The molecule has 1 aromatic heterocycles. The first kappa shape index (κ1) is 18.4. The van der Waals surface area contributed by atoms with Gasteiger partial charge in [0.2, 0.25) is 0 Å². The molecule has 0 amide bonds. The predicted octanol–water partition coefficient (Wildman–Crippen LogP) is 1.84. The highest BCUT2D eigenvalue weighted by atomic mass is 16.5. The standard InChI is InChI=1S/C20H28N4O3/c1-26-18-5-4-16(11-17(18)13-24-15-21-14-22-24)12-23-8-6-20(7-9-23)19(25)3-2-10-27-20/h4-5,11,14-15,19,25H,2-3,6-10,12-13H2,1H3/t19-/m0/s1. The summed E-state index contributed by atoms with van der Waals surface area (Å²) in [6, 6.07) is 6.35. The van der Waals surface area contributed by atoms with Crippen molar-refractivity contribution in [2.45, 2.75) is 50.5 Å². The SMILES string of the molecule is COc1ccc(CN2CCC3(CC2)OCCC[C@@H]3O)cc1Cn1cncn1. The third-order valence-electron chi connectivity index (χ3n) is 5.87. The van der Waals surface area contributed by atoms with Gasteiger partial charge in [0.05, 0.1) is 25.4 Å². The van der Waals surface area contributed by atoms with E-state index in [1.165, 1.54) is 5.56 Å². The molecule has 0 aliphatic carbocycles. The number of benzene rings is 1. The lowest BCUT2D eigenvalue weighted by Crippen LogP contribution is -2.55. The van der Waals surface area contributed by atoms with Gasteiger partial charge in [-0.15, -0.1) is 0 Å². The van der Waals surface area contributed by atoms with Crippen molar-refractivity contribution < 1.29 is 14.6 Å². The van der Waals surface area contributed by atoms with Crippen molar-refractivity contribution in [3.63, 3.8) is 0 Å². The van der Waals surface area contributed by atoms with Crippen molar-refractivity contribution in [2.24, 2.45) is 0 Å². The van der Waals surface area contributed by atoms with Crippen LogP contribution in [0.1, 0.15) is 36.8 Å². The van der Waals surface area contributed by atoms with Crippen LogP contribution in [-0.4, -0.2) is 63.3 Å². The highest BCUT2D eigenvalue weighted by molar-refractivity contribution is 5.37. The van der Waals surface area contributed by atoms with Gasteiger partial charge in [0.1, 0.15) is 18.4 Å². The van der Waals surface area contributed by atoms with Crippen molar-refractivity contribution in [3.05, 3.63) is 42.0 Å². The summed E-state index contributed by atoms with van der Waals surface area (Å²) < 4.78 is 13.3. The Morgan fingerprint density at radius 3 is 2.85 bits per heavy atom. The Labute approximate surface area is 159 Å². The molecule has 0 unspecified atom stereocenters. The minimum absolute atomic E-state index is 0.313. The Morgan fingerprint density at radius 1 is 1.30 bits per heavy atom. The molecule has 0 radical (unpaired) electrons. The van der Waals surface area contributed by atoms with E-state index >= 15 is 0 Å². The zero-order chi connectivity index (χ0) is 18.7. The fourth-order valence-corrected chi connectivity index (χ4v) is 4.28. The molecular weight excluding hydrogens is 344 g/mol. The number of ether oxygens (including phenoxy) is 2. The largest absolute Gasteiger partial charge is 0.496 e. The molecule has 0 bridgehead atoms. The van der Waals surface area contributed by atoms with E-state index in [1.807, 2.05) is 6.07 Å². The first-order valence-corrected chi connectivity index (χ1v) is 9.71. The molecule has 27 heavy (non-hydrogen) atoms. The lowest BCUT2D eigenvalue weighted by atomic mass is 9.82. The van der Waals surface area contributed by atoms with Gasteiger partial charge in [0.25, 0.3) is 0 Å². The molecule has 3 heterocycles. The number of aromatic nitrogens is 3. The van der Waals surface area contributed by atoms with Crippen molar-refractivity contribution in [2.75, 3.05) is 26.8 Å². The summed E-state index contributed by atoms with van der Waals surface area (Å²) in [5.74, 6) is 0.866. The average molecular weight is 372 g/mol. The van der Waals surface area contributed by atoms with E-state index in [0.29, 0.717) is 6.54 Å². The summed E-state index contributed by atoms with van der Waals surface area (Å²) >= 11 is 0. The van der Waals surface area contributed by atoms with Crippen molar-refractivity contribution >= 4 is 0 Å². The summed E-state index contributed by atoms with van der Waals surface area (Å²) in [7, 11) is 1.69. The van der Waals surface area contributed by atoms with Crippen LogP contribution in [-0.2, 0) is 17.8 Å². The van der Waals surface area contributed by atoms with Gasteiger partial charge in [-0.1, -0.05) is 6.07 Å². The molecule has 146 valence electrons. The normalized spacial score (nSPS) is 22.8. The van der Waals surface area contributed by atoms with E-state index in [0.717, 1.165) is 63.2 Å². The molecule has 7 heteroatoms. The first-order valence-electron chi connectivity index (χ1n) is 9.71. The summed E-state index contributed by atoms with van der Waals surface area (Å²) in [5, 5.41) is 14.6. The number of hydrogen-bond donors (Lipinski definition) is 1. The molecule has 2 aliphatic heterocycles. The molecule has 4 rings (SSSR count). The number of aliphatic hydroxyl groups is 1. The third kappa shape index (κ3) is 4.00. The molecule has 1 spiro atoms. The van der Waals surface area contributed by atoms with Gasteiger partial charge in [-0.25, -0.2) is 9.67 Å². The van der Waals surface area contributed by atoms with Crippen LogP contribution < -0.4 is 4.74 Å². The van der Waals surface area contributed by atoms with Crippen molar-refractivity contribution in [1.29, 1.82) is 0 Å². The van der Waals surface area contributed by atoms with Crippen LogP contribution in [0.2, 0.25) is 0 Å². The summed E-state index contributed by atoms with van der Waals surface area (Å²) in [6.07, 6.45) is 6.57. The zero-order valence-corrected chi connectivity index (χ0v) is 15.9. The van der Waals surface area contributed by atoms with Gasteiger partial charge in [-0.3, -0.25) is 4.90 Å². The lowest BCUT2D eigenvalue weighted by Gasteiger charge is -2.46. The molecule has 7 nitrogen and oxygen atoms in total. The van der Waals surface area contributed by atoms with E-state index < -0.39 is 0 Å². The van der Waals surface area contributed by atoms with Gasteiger partial charge < -0.3 is 14.6 Å². The fourth-order valence-electron chi connectivity index (χ4n) is 4.28. The Morgan fingerprint density at radius 2 is 2.15 bits per heavy atom. The smallest absolute Gasteiger partial charge is 0.137 e. The molecule has 2 saturated heterocycles. The van der Waals surface area contributed by atoms with Gasteiger partial charge in [0, 0.05) is 31.8 Å². The maximum absolute atomic E-state index is 10.4. The van der Waals surface area contributed by atoms with E-state index in [-0.39, 0.29) is 11.7 Å². The summed E-state index contributed by atoms with van der Waals surface area (Å²) in [4.78, 5) is 6.45. The van der Waals surface area contributed by atoms with Crippen LogP contribution in [0, 0.1) is 0 Å². The Bertz CT molecular complexity index is 742. The quantitative estimate of drug-likeness (QED) is 0.863. The van der Waals surface area contributed by atoms with Gasteiger partial charge in [-0.2, -0.15) is 5.10 Å². The Balaban J connectivity index is 1.41. The van der Waals surface area contributed by atoms with Gasteiger partial charge in [0.15, 0.2) is 0 Å². The Hall–Kier alpha value is -1.96. The van der Waals surface area contributed by atoms with Crippen LogP contribution in [0.5, 0.6) is 5.75 Å². The van der Waals surface area contributed by atoms with Crippen LogP contribution in [0.4, 0.5) is 0 Å². The van der Waals surface area contributed by atoms with E-state index in [1.54, 1.807) is 24.4 Å². The number of aliphatic hydroxyl groups excluding tert-OH is 1. The van der Waals surface area contributed by atoms with E-state index in [4.69, 9.17) is 9.47 Å². The van der Waals surface area contributed by atoms with Crippen molar-refractivity contribution in [1.82, 2.24) is 19.7 Å². The minimum atomic E-state index is -0.316. The van der Waals surface area contributed by atoms with Crippen molar-refractivity contribution in [3.8, 4) is 5.75 Å². The molecule has 1 atom stereocenters. The second-order valence-electron chi connectivity index (χ2n) is 7.59. The fraction of sp³-hybridized carbons (Fsp3) is 0.600. The van der Waals surface area contributed by atoms with Crippen LogP contribution >= 0.6 is 0 Å². The highest BCUT2D eigenvalue weighted by Crippen LogP contribution is 2.35. The number of nitrogens with zero attached hydrogens (tertiary/aromatic N) is 4. The maximum atomic E-state index is 10.4. The number of methoxy groups -OCH3 is 1. The molecule has 0 saturated carbocycles. The Kier molecular flexibility index (Phi) is 5.43. The lowest BCUT2D eigenvalue weighted by molar-refractivity contribution is -0.177. The third-order valence-corrected chi connectivity index (χ3v) is 5.87. The molecule has 2 fully saturated rings. The molecule has 1 aromatic carbocycles. The monoisotopic (exact) mass is 372 g/mol. The summed E-state index contributed by atoms with van der Waals surface area (Å²) in [5.41, 5.74) is 2.04. The highest BCUT2D eigenvalue weighted by Gasteiger charge is 2.43. The van der Waals surface area contributed by atoms with E-state index in [2.05, 4.69) is 27.1 Å². The topological polar surface area (TPSA) is 72.6 Å². The van der Waals surface area contributed by atoms with Crippen LogP contribution in [0.15, 0.2) is 30.9 Å².